The van der Waals surface area contributed by atoms with Crippen molar-refractivity contribution in [3.05, 3.63) is 63.6 Å². The molecule has 0 spiro atoms. The van der Waals surface area contributed by atoms with Gasteiger partial charge in [0.2, 0.25) is 0 Å². The van der Waals surface area contributed by atoms with Crippen LogP contribution in [-0.2, 0) is 0 Å². The molecule has 3 heteroatoms. The fourth-order valence-electron chi connectivity index (χ4n) is 1.99. The number of aryl methyl sites for hydroxylation is 1. The minimum Gasteiger partial charge on any atom is -0.379 e. The summed E-state index contributed by atoms with van der Waals surface area (Å²) >= 11 is 3.48. The highest BCUT2D eigenvalue weighted by Gasteiger charge is 2.06. The number of nitriles is 1. The van der Waals surface area contributed by atoms with Crippen LogP contribution in [-0.4, -0.2) is 0 Å². The molecule has 0 aliphatic carbocycles. The molecular formula is C16H15BrN2. The molecule has 0 radical (unpaired) electrons. The van der Waals surface area contributed by atoms with E-state index in [4.69, 9.17) is 5.26 Å². The Hall–Kier alpha value is -1.79. The van der Waals surface area contributed by atoms with Gasteiger partial charge in [-0.1, -0.05) is 28.1 Å². The highest BCUT2D eigenvalue weighted by molar-refractivity contribution is 9.10. The lowest BCUT2D eigenvalue weighted by Crippen LogP contribution is -2.06. The van der Waals surface area contributed by atoms with Gasteiger partial charge in [0.25, 0.3) is 0 Å². The first-order valence-corrected chi connectivity index (χ1v) is 6.92. The highest BCUT2D eigenvalue weighted by atomic mass is 79.9. The first-order chi connectivity index (χ1) is 9.10. The van der Waals surface area contributed by atoms with E-state index in [0.717, 1.165) is 21.3 Å². The van der Waals surface area contributed by atoms with Crippen molar-refractivity contribution in [2.75, 3.05) is 5.32 Å². The first-order valence-electron chi connectivity index (χ1n) is 6.13. The summed E-state index contributed by atoms with van der Waals surface area (Å²) < 4.78 is 1.08. The van der Waals surface area contributed by atoms with Crippen LogP contribution in [0.2, 0.25) is 0 Å². The van der Waals surface area contributed by atoms with Crippen LogP contribution in [0.4, 0.5) is 5.69 Å². The molecule has 1 atom stereocenters. The van der Waals surface area contributed by atoms with Gasteiger partial charge >= 0.3 is 0 Å². The normalized spacial score (nSPS) is 11.7. The zero-order valence-corrected chi connectivity index (χ0v) is 12.5. The Labute approximate surface area is 122 Å². The maximum Gasteiger partial charge on any atom is 0.0994 e. The molecule has 0 aliphatic heterocycles. The summed E-state index contributed by atoms with van der Waals surface area (Å²) in [5.41, 5.74) is 3.97. The molecule has 0 heterocycles. The molecule has 2 rings (SSSR count). The molecule has 2 aromatic carbocycles. The van der Waals surface area contributed by atoms with Gasteiger partial charge in [-0.25, -0.2) is 0 Å². The smallest absolute Gasteiger partial charge is 0.0994 e. The van der Waals surface area contributed by atoms with Crippen molar-refractivity contribution < 1.29 is 0 Å². The summed E-state index contributed by atoms with van der Waals surface area (Å²) in [6, 6.07) is 16.4. The second-order valence-electron chi connectivity index (χ2n) is 4.56. The van der Waals surface area contributed by atoms with Crippen LogP contribution in [0, 0.1) is 18.3 Å². The molecular weight excluding hydrogens is 300 g/mol. The molecule has 2 aromatic rings. The van der Waals surface area contributed by atoms with E-state index < -0.39 is 0 Å². The van der Waals surface area contributed by atoms with Crippen LogP contribution >= 0.6 is 15.9 Å². The fraction of sp³-hybridized carbons (Fsp3) is 0.188. The molecule has 0 fully saturated rings. The van der Waals surface area contributed by atoms with E-state index in [1.807, 2.05) is 37.3 Å². The molecule has 96 valence electrons. The second kappa shape index (κ2) is 5.90. The maximum atomic E-state index is 8.92. The van der Waals surface area contributed by atoms with Gasteiger partial charge in [0.15, 0.2) is 0 Å². The number of rotatable bonds is 3. The largest absolute Gasteiger partial charge is 0.379 e. The lowest BCUT2D eigenvalue weighted by molar-refractivity contribution is 0.883. The van der Waals surface area contributed by atoms with Gasteiger partial charge in [0, 0.05) is 16.2 Å². The van der Waals surface area contributed by atoms with Gasteiger partial charge in [0.1, 0.15) is 0 Å². The molecule has 19 heavy (non-hydrogen) atoms. The molecule has 0 aliphatic rings. The molecule has 2 nitrogen and oxygen atoms in total. The summed E-state index contributed by atoms with van der Waals surface area (Å²) in [6.45, 7) is 4.07. The topological polar surface area (TPSA) is 35.8 Å². The number of nitrogens with zero attached hydrogens (tertiary/aromatic N) is 1. The van der Waals surface area contributed by atoms with Gasteiger partial charge in [-0.05, 0) is 55.3 Å². The minimum absolute atomic E-state index is 0.213. The molecule has 0 aromatic heterocycles. The van der Waals surface area contributed by atoms with E-state index in [2.05, 4.69) is 46.4 Å². The lowest BCUT2D eigenvalue weighted by atomic mass is 10.1. The number of anilines is 1. The molecule has 0 saturated carbocycles. The van der Waals surface area contributed by atoms with Crippen LogP contribution in [0.5, 0.6) is 0 Å². The summed E-state index contributed by atoms with van der Waals surface area (Å²) in [5, 5.41) is 12.4. The Balaban J connectivity index is 2.17. The minimum atomic E-state index is 0.213. The van der Waals surface area contributed by atoms with Crippen LogP contribution in [0.15, 0.2) is 46.9 Å². The van der Waals surface area contributed by atoms with E-state index in [1.165, 1.54) is 5.56 Å². The third-order valence-electron chi connectivity index (χ3n) is 3.08. The molecule has 1 unspecified atom stereocenters. The Morgan fingerprint density at radius 1 is 1.21 bits per heavy atom. The van der Waals surface area contributed by atoms with Gasteiger partial charge in [-0.3, -0.25) is 0 Å². The quantitative estimate of drug-likeness (QED) is 0.883. The highest BCUT2D eigenvalue weighted by Crippen LogP contribution is 2.23. The SMILES string of the molecule is Cc1cc(NC(C)c2cccc(Br)c2)ccc1C#N. The van der Waals surface area contributed by atoms with Gasteiger partial charge in [-0.2, -0.15) is 5.26 Å². The molecule has 0 saturated heterocycles. The fourth-order valence-corrected chi connectivity index (χ4v) is 2.41. The standard InChI is InChI=1S/C16H15BrN2/c1-11-8-16(7-6-14(11)10-18)19-12(2)13-4-3-5-15(17)9-13/h3-9,12,19H,1-2H3. The molecule has 1 N–H and O–H groups in total. The summed E-state index contributed by atoms with van der Waals surface area (Å²) in [4.78, 5) is 0. The lowest BCUT2D eigenvalue weighted by Gasteiger charge is -2.16. The third kappa shape index (κ3) is 3.36. The van der Waals surface area contributed by atoms with Crippen molar-refractivity contribution in [3.63, 3.8) is 0 Å². The van der Waals surface area contributed by atoms with E-state index in [9.17, 15) is 0 Å². The summed E-state index contributed by atoms with van der Waals surface area (Å²) in [7, 11) is 0. The number of nitrogens with one attached hydrogen (secondary N) is 1. The average Bonchev–Trinajstić information content (AvgIpc) is 2.39. The second-order valence-corrected chi connectivity index (χ2v) is 5.48. The predicted octanol–water partition coefficient (Wildman–Crippen LogP) is 4.80. The van der Waals surface area contributed by atoms with Crippen molar-refractivity contribution >= 4 is 21.6 Å². The van der Waals surface area contributed by atoms with Crippen molar-refractivity contribution in [1.29, 1.82) is 5.26 Å². The summed E-state index contributed by atoms with van der Waals surface area (Å²) in [6.07, 6.45) is 0. The zero-order valence-electron chi connectivity index (χ0n) is 10.9. The molecule has 0 bridgehead atoms. The van der Waals surface area contributed by atoms with Crippen molar-refractivity contribution in [2.45, 2.75) is 19.9 Å². The van der Waals surface area contributed by atoms with Crippen molar-refractivity contribution in [2.24, 2.45) is 0 Å². The van der Waals surface area contributed by atoms with E-state index in [1.54, 1.807) is 0 Å². The molecule has 0 amide bonds. The number of benzene rings is 2. The van der Waals surface area contributed by atoms with Gasteiger partial charge < -0.3 is 5.32 Å². The van der Waals surface area contributed by atoms with E-state index >= 15 is 0 Å². The van der Waals surface area contributed by atoms with E-state index in [0.29, 0.717) is 0 Å². The Morgan fingerprint density at radius 2 is 2.00 bits per heavy atom. The van der Waals surface area contributed by atoms with Crippen LogP contribution < -0.4 is 5.32 Å². The van der Waals surface area contributed by atoms with Gasteiger partial charge in [0.05, 0.1) is 11.6 Å². The first kappa shape index (κ1) is 13.6. The third-order valence-corrected chi connectivity index (χ3v) is 3.57. The predicted molar refractivity (Wildman–Crippen MR) is 82.1 cm³/mol. The Bertz CT molecular complexity index is 629. The zero-order chi connectivity index (χ0) is 13.8. The average molecular weight is 315 g/mol. The van der Waals surface area contributed by atoms with Gasteiger partial charge in [-0.15, -0.1) is 0 Å². The van der Waals surface area contributed by atoms with Crippen molar-refractivity contribution in [1.82, 2.24) is 0 Å². The Kier molecular flexibility index (Phi) is 4.24. The monoisotopic (exact) mass is 314 g/mol. The summed E-state index contributed by atoms with van der Waals surface area (Å²) in [5.74, 6) is 0. The number of hydrogen-bond acceptors (Lipinski definition) is 2. The van der Waals surface area contributed by atoms with Crippen LogP contribution in [0.3, 0.4) is 0 Å². The maximum absolute atomic E-state index is 8.92. The van der Waals surface area contributed by atoms with E-state index in [-0.39, 0.29) is 6.04 Å². The van der Waals surface area contributed by atoms with Crippen LogP contribution in [0.25, 0.3) is 0 Å². The number of halogens is 1. The Morgan fingerprint density at radius 3 is 2.63 bits per heavy atom. The van der Waals surface area contributed by atoms with Crippen molar-refractivity contribution in [3.8, 4) is 6.07 Å². The van der Waals surface area contributed by atoms with Crippen LogP contribution in [0.1, 0.15) is 29.7 Å². The number of hydrogen-bond donors (Lipinski definition) is 1.